The first-order chi connectivity index (χ1) is 9.49. The van der Waals surface area contributed by atoms with E-state index < -0.39 is 10.7 Å². The summed E-state index contributed by atoms with van der Waals surface area (Å²) in [7, 11) is 0. The van der Waals surface area contributed by atoms with Crippen LogP contribution >= 0.6 is 0 Å². The van der Waals surface area contributed by atoms with Gasteiger partial charge in [0.05, 0.1) is 11.0 Å². The molecule has 1 aromatic heterocycles. The van der Waals surface area contributed by atoms with Crippen LogP contribution in [-0.2, 0) is 0 Å². The molecule has 3 N–H and O–H groups in total. The molecule has 0 saturated carbocycles. The van der Waals surface area contributed by atoms with Crippen molar-refractivity contribution in [1.82, 2.24) is 9.97 Å². The zero-order valence-corrected chi connectivity index (χ0v) is 10.3. The number of aryl methyl sites for hydroxylation is 1. The Bertz CT molecular complexity index is 665. The molecule has 0 aliphatic heterocycles. The van der Waals surface area contributed by atoms with Gasteiger partial charge in [-0.25, -0.2) is 15.2 Å². The number of nitrogens with two attached hydrogens (primary N) is 1. The quantitative estimate of drug-likeness (QED) is 0.498. The number of halogens is 1. The zero-order chi connectivity index (χ0) is 14.7. The summed E-state index contributed by atoms with van der Waals surface area (Å²) < 4.78 is 18.9. The summed E-state index contributed by atoms with van der Waals surface area (Å²) in [5, 5.41) is 10.5. The molecule has 8 nitrogen and oxygen atoms in total. The van der Waals surface area contributed by atoms with Gasteiger partial charge < -0.3 is 10.2 Å². The number of ether oxygens (including phenoxy) is 1. The van der Waals surface area contributed by atoms with Gasteiger partial charge >= 0.3 is 0 Å². The van der Waals surface area contributed by atoms with Crippen molar-refractivity contribution in [3.63, 3.8) is 0 Å². The number of aromatic nitrogens is 2. The van der Waals surface area contributed by atoms with Gasteiger partial charge in [-0.1, -0.05) is 0 Å². The fourth-order valence-corrected chi connectivity index (χ4v) is 1.47. The van der Waals surface area contributed by atoms with Crippen molar-refractivity contribution in [3.05, 3.63) is 46.0 Å². The van der Waals surface area contributed by atoms with E-state index in [1.54, 1.807) is 6.92 Å². The third kappa shape index (κ3) is 2.95. The largest absolute Gasteiger partial charge is 0.436 e. The molecule has 0 aliphatic rings. The van der Waals surface area contributed by atoms with Gasteiger partial charge in [0.15, 0.2) is 11.6 Å². The Hall–Kier alpha value is -2.81. The molecule has 0 radical (unpaired) electrons. The first-order valence-electron chi connectivity index (χ1n) is 5.43. The van der Waals surface area contributed by atoms with Gasteiger partial charge in [0.1, 0.15) is 11.6 Å². The maximum absolute atomic E-state index is 13.7. The van der Waals surface area contributed by atoms with E-state index in [1.807, 2.05) is 0 Å². The lowest BCUT2D eigenvalue weighted by Gasteiger charge is -2.07. The van der Waals surface area contributed by atoms with E-state index in [0.717, 1.165) is 18.2 Å². The summed E-state index contributed by atoms with van der Waals surface area (Å²) in [6.07, 6.45) is 0. The average Bonchev–Trinajstić information content (AvgIpc) is 2.40. The maximum Gasteiger partial charge on any atom is 0.272 e. The van der Waals surface area contributed by atoms with Crippen LogP contribution in [0.25, 0.3) is 0 Å². The molecule has 0 fully saturated rings. The summed E-state index contributed by atoms with van der Waals surface area (Å²) in [6, 6.07) is 4.42. The van der Waals surface area contributed by atoms with Crippen LogP contribution in [0.1, 0.15) is 5.82 Å². The van der Waals surface area contributed by atoms with Crippen molar-refractivity contribution >= 4 is 11.5 Å². The SMILES string of the molecule is Cc1nc(NN)cc(Oc2ccc([N+](=O)[O-])cc2F)n1. The third-order valence-electron chi connectivity index (χ3n) is 2.30. The van der Waals surface area contributed by atoms with Crippen LogP contribution in [0.4, 0.5) is 15.9 Å². The first-order valence-corrected chi connectivity index (χ1v) is 5.43. The minimum atomic E-state index is -0.863. The number of nitrogens with zero attached hydrogens (tertiary/aromatic N) is 3. The standard InChI is InChI=1S/C11H10FN5O3/c1-6-14-10(16-13)5-11(15-6)20-9-3-2-7(17(18)19)4-8(9)12/h2-5H,13H2,1H3,(H,14,15,16). The lowest BCUT2D eigenvalue weighted by Crippen LogP contribution is -2.10. The van der Waals surface area contributed by atoms with Crippen molar-refractivity contribution in [3.8, 4) is 11.6 Å². The summed E-state index contributed by atoms with van der Waals surface area (Å²) in [5.74, 6) is 4.91. The smallest absolute Gasteiger partial charge is 0.272 e. The van der Waals surface area contributed by atoms with E-state index >= 15 is 0 Å². The van der Waals surface area contributed by atoms with E-state index in [0.29, 0.717) is 11.6 Å². The second-order valence-corrected chi connectivity index (χ2v) is 3.76. The van der Waals surface area contributed by atoms with Crippen molar-refractivity contribution < 1.29 is 14.1 Å². The van der Waals surface area contributed by atoms with Crippen LogP contribution < -0.4 is 16.0 Å². The molecule has 0 unspecified atom stereocenters. The molecular weight excluding hydrogens is 269 g/mol. The molecule has 0 saturated heterocycles. The Balaban J connectivity index is 2.30. The van der Waals surface area contributed by atoms with Gasteiger partial charge in [-0.05, 0) is 13.0 Å². The molecule has 2 aromatic rings. The lowest BCUT2D eigenvalue weighted by atomic mass is 10.3. The normalized spacial score (nSPS) is 10.2. The lowest BCUT2D eigenvalue weighted by molar-refractivity contribution is -0.385. The number of nitro benzene ring substituents is 1. The van der Waals surface area contributed by atoms with Crippen molar-refractivity contribution in [2.75, 3.05) is 5.43 Å². The molecule has 0 aliphatic carbocycles. The van der Waals surface area contributed by atoms with Crippen LogP contribution in [0.2, 0.25) is 0 Å². The number of nitro groups is 1. The zero-order valence-electron chi connectivity index (χ0n) is 10.3. The Morgan fingerprint density at radius 3 is 2.75 bits per heavy atom. The molecule has 0 atom stereocenters. The van der Waals surface area contributed by atoms with Crippen LogP contribution in [0.3, 0.4) is 0 Å². The highest BCUT2D eigenvalue weighted by atomic mass is 19.1. The molecule has 0 bridgehead atoms. The summed E-state index contributed by atoms with van der Waals surface area (Å²) >= 11 is 0. The molecule has 20 heavy (non-hydrogen) atoms. The van der Waals surface area contributed by atoms with Gasteiger partial charge in [0.2, 0.25) is 5.88 Å². The number of nitrogens with one attached hydrogen (secondary N) is 1. The molecular formula is C11H10FN5O3. The van der Waals surface area contributed by atoms with Crippen LogP contribution in [0, 0.1) is 22.9 Å². The second kappa shape index (κ2) is 5.45. The van der Waals surface area contributed by atoms with Crippen LogP contribution in [-0.4, -0.2) is 14.9 Å². The fraction of sp³-hybridized carbons (Fsp3) is 0.0909. The number of nitrogen functional groups attached to an aromatic ring is 1. The van der Waals surface area contributed by atoms with Gasteiger partial charge in [-0.15, -0.1) is 0 Å². The summed E-state index contributed by atoms with van der Waals surface area (Å²) in [4.78, 5) is 17.7. The monoisotopic (exact) mass is 279 g/mol. The van der Waals surface area contributed by atoms with E-state index in [4.69, 9.17) is 10.6 Å². The first kappa shape index (κ1) is 13.6. The second-order valence-electron chi connectivity index (χ2n) is 3.76. The maximum atomic E-state index is 13.7. The highest BCUT2D eigenvalue weighted by Crippen LogP contribution is 2.27. The van der Waals surface area contributed by atoms with E-state index in [2.05, 4.69) is 15.4 Å². The van der Waals surface area contributed by atoms with E-state index in [1.165, 1.54) is 6.07 Å². The van der Waals surface area contributed by atoms with Crippen molar-refractivity contribution in [2.24, 2.45) is 5.84 Å². The van der Waals surface area contributed by atoms with Crippen molar-refractivity contribution in [1.29, 1.82) is 0 Å². The highest BCUT2D eigenvalue weighted by molar-refractivity contribution is 5.41. The molecule has 0 amide bonds. The van der Waals surface area contributed by atoms with E-state index in [-0.39, 0.29) is 17.3 Å². The van der Waals surface area contributed by atoms with Gasteiger partial charge in [-0.3, -0.25) is 10.1 Å². The van der Waals surface area contributed by atoms with Gasteiger partial charge in [0.25, 0.3) is 5.69 Å². The molecule has 9 heteroatoms. The number of benzene rings is 1. The minimum Gasteiger partial charge on any atom is -0.436 e. The Morgan fingerprint density at radius 1 is 1.40 bits per heavy atom. The molecule has 2 rings (SSSR count). The number of rotatable bonds is 4. The Kier molecular flexibility index (Phi) is 3.71. The van der Waals surface area contributed by atoms with Crippen LogP contribution in [0.15, 0.2) is 24.3 Å². The number of hydrogen-bond donors (Lipinski definition) is 2. The Labute approximate surface area is 112 Å². The Morgan fingerprint density at radius 2 is 2.15 bits per heavy atom. The number of non-ortho nitro benzene ring substituents is 1. The minimum absolute atomic E-state index is 0.0678. The summed E-state index contributed by atoms with van der Waals surface area (Å²) in [6.45, 7) is 1.61. The highest BCUT2D eigenvalue weighted by Gasteiger charge is 2.13. The topological polar surface area (TPSA) is 116 Å². The number of anilines is 1. The molecule has 1 aromatic carbocycles. The van der Waals surface area contributed by atoms with E-state index in [9.17, 15) is 14.5 Å². The molecule has 0 spiro atoms. The predicted molar refractivity (Wildman–Crippen MR) is 67.7 cm³/mol. The van der Waals surface area contributed by atoms with Gasteiger partial charge in [-0.2, -0.15) is 4.98 Å². The molecule has 1 heterocycles. The predicted octanol–water partition coefficient (Wildman–Crippen LogP) is 1.91. The fourth-order valence-electron chi connectivity index (χ4n) is 1.47. The summed E-state index contributed by atoms with van der Waals surface area (Å²) in [5.41, 5.74) is 1.96. The van der Waals surface area contributed by atoms with Gasteiger partial charge in [0, 0.05) is 12.1 Å². The average molecular weight is 279 g/mol. The van der Waals surface area contributed by atoms with Crippen molar-refractivity contribution in [2.45, 2.75) is 6.92 Å². The van der Waals surface area contributed by atoms with Crippen LogP contribution in [0.5, 0.6) is 11.6 Å². The number of hydrazine groups is 1. The third-order valence-corrected chi connectivity index (χ3v) is 2.30. The number of hydrogen-bond acceptors (Lipinski definition) is 7. The molecule has 104 valence electrons.